The van der Waals surface area contributed by atoms with Crippen molar-refractivity contribution in [2.45, 2.75) is 0 Å². The molecule has 2 heterocycles. The highest BCUT2D eigenvalue weighted by atomic mass is 16.3. The molecule has 0 fully saturated rings. The average Bonchev–Trinajstić information content (AvgIpc) is 3.71. The van der Waals surface area contributed by atoms with Crippen LogP contribution in [0.1, 0.15) is 0 Å². The summed E-state index contributed by atoms with van der Waals surface area (Å²) in [5, 5.41) is 4.61. The quantitative estimate of drug-likeness (QED) is 0.163. The van der Waals surface area contributed by atoms with Gasteiger partial charge in [0.1, 0.15) is 11.2 Å². The smallest absolute Gasteiger partial charge is 0.164 e. The first kappa shape index (κ1) is 34.3. The van der Waals surface area contributed by atoms with E-state index < -0.39 is 0 Å². The van der Waals surface area contributed by atoms with Gasteiger partial charge >= 0.3 is 0 Å². The van der Waals surface area contributed by atoms with Crippen LogP contribution >= 0.6 is 0 Å². The predicted molar refractivity (Wildman–Crippen MR) is 243 cm³/mol. The third-order valence-corrected chi connectivity index (χ3v) is 11.2. The van der Waals surface area contributed by atoms with Gasteiger partial charge in [0.05, 0.1) is 0 Å². The maximum absolute atomic E-state index is 6.39. The summed E-state index contributed by atoms with van der Waals surface area (Å²) in [5.74, 6) is 1.87. The number of nitrogens with zero attached hydrogens (tertiary/aromatic N) is 3. The van der Waals surface area contributed by atoms with Crippen LogP contribution < -0.4 is 0 Å². The fourth-order valence-corrected chi connectivity index (χ4v) is 8.12. The lowest BCUT2D eigenvalue weighted by atomic mass is 9.96. The largest absolute Gasteiger partial charge is 0.455 e. The van der Waals surface area contributed by atoms with Crippen molar-refractivity contribution in [1.29, 1.82) is 0 Å². The highest BCUT2D eigenvalue weighted by molar-refractivity contribution is 6.10. The Balaban J connectivity index is 0.969. The number of rotatable bonds is 7. The second kappa shape index (κ2) is 14.5. The summed E-state index contributed by atoms with van der Waals surface area (Å²) < 4.78 is 6.39. The van der Waals surface area contributed by atoms with Gasteiger partial charge in [-0.1, -0.05) is 194 Å². The van der Waals surface area contributed by atoms with Crippen LogP contribution in [0, 0.1) is 0 Å². The van der Waals surface area contributed by atoms with Gasteiger partial charge in [0.25, 0.3) is 0 Å². The molecule has 0 N–H and O–H groups in total. The number of hydrogen-bond acceptors (Lipinski definition) is 4. The van der Waals surface area contributed by atoms with E-state index in [4.69, 9.17) is 19.4 Å². The van der Waals surface area contributed by atoms with E-state index in [-0.39, 0.29) is 0 Å². The molecule has 0 saturated heterocycles. The lowest BCUT2D eigenvalue weighted by Crippen LogP contribution is -2.01. The van der Waals surface area contributed by atoms with Gasteiger partial charge in [-0.3, -0.25) is 0 Å². The Kier molecular flexibility index (Phi) is 8.45. The van der Waals surface area contributed by atoms with Gasteiger partial charge in [-0.25, -0.2) is 15.0 Å². The first-order valence-corrected chi connectivity index (χ1v) is 19.8. The van der Waals surface area contributed by atoms with Crippen molar-refractivity contribution in [3.63, 3.8) is 0 Å². The van der Waals surface area contributed by atoms with Gasteiger partial charge in [-0.15, -0.1) is 0 Å². The fraction of sp³-hybridized carbons (Fsp3) is 0. The van der Waals surface area contributed by atoms with Crippen LogP contribution in [0.4, 0.5) is 0 Å². The number of hydrogen-bond donors (Lipinski definition) is 0. The molecule has 2 aromatic heterocycles. The minimum absolute atomic E-state index is 0.620. The maximum atomic E-state index is 6.39. The number of para-hydroxylation sites is 2. The van der Waals surface area contributed by atoms with Crippen molar-refractivity contribution >= 4 is 32.7 Å². The van der Waals surface area contributed by atoms with Crippen LogP contribution in [0.5, 0.6) is 0 Å². The standard InChI is InChI=1S/C55H35N3O/c1-3-12-36(13-4-1)37-22-28-41(29-23-37)53-56-54(58-55(57-53)50-18-8-7-16-46(50)40-14-5-2-6-15-40)42-30-24-38(25-31-42)43-32-26-39-27-33-44(35-45(39)34-43)47-19-11-20-49-48-17-9-10-21-51(48)59-52(47)49/h1-35H. The summed E-state index contributed by atoms with van der Waals surface area (Å²) in [4.78, 5) is 15.3. The van der Waals surface area contributed by atoms with Crippen molar-refractivity contribution < 1.29 is 4.42 Å². The van der Waals surface area contributed by atoms with Crippen LogP contribution in [-0.4, -0.2) is 15.0 Å². The minimum Gasteiger partial charge on any atom is -0.455 e. The van der Waals surface area contributed by atoms with E-state index in [1.54, 1.807) is 0 Å². The van der Waals surface area contributed by atoms with E-state index in [1.165, 1.54) is 16.3 Å². The zero-order chi connectivity index (χ0) is 39.1. The Morgan fingerprint density at radius 1 is 0.271 bits per heavy atom. The molecule has 0 spiro atoms. The van der Waals surface area contributed by atoms with E-state index >= 15 is 0 Å². The lowest BCUT2D eigenvalue weighted by Gasteiger charge is -2.12. The van der Waals surface area contributed by atoms with Crippen molar-refractivity contribution in [1.82, 2.24) is 15.0 Å². The molecule has 9 aromatic carbocycles. The summed E-state index contributed by atoms with van der Waals surface area (Å²) in [7, 11) is 0. The van der Waals surface area contributed by atoms with E-state index in [2.05, 4.69) is 182 Å². The Morgan fingerprint density at radius 3 is 1.46 bits per heavy atom. The molecular formula is C55H35N3O. The molecule has 11 aromatic rings. The molecule has 0 aliphatic carbocycles. The molecule has 59 heavy (non-hydrogen) atoms. The molecule has 0 unspecified atom stereocenters. The van der Waals surface area contributed by atoms with E-state index in [0.29, 0.717) is 17.5 Å². The zero-order valence-corrected chi connectivity index (χ0v) is 32.0. The Morgan fingerprint density at radius 2 is 0.746 bits per heavy atom. The monoisotopic (exact) mass is 753 g/mol. The van der Waals surface area contributed by atoms with Gasteiger partial charge in [0.15, 0.2) is 17.5 Å². The van der Waals surface area contributed by atoms with E-state index in [1.807, 2.05) is 30.3 Å². The zero-order valence-electron chi connectivity index (χ0n) is 32.0. The topological polar surface area (TPSA) is 51.8 Å². The predicted octanol–water partition coefficient (Wildman–Crippen LogP) is 14.6. The van der Waals surface area contributed by atoms with Crippen molar-refractivity contribution in [3.8, 4) is 78.7 Å². The molecule has 4 heteroatoms. The van der Waals surface area contributed by atoms with Gasteiger partial charge in [0, 0.05) is 33.0 Å². The number of fused-ring (bicyclic) bond motifs is 4. The van der Waals surface area contributed by atoms with Crippen LogP contribution in [0.25, 0.3) is 111 Å². The molecule has 276 valence electrons. The lowest BCUT2D eigenvalue weighted by molar-refractivity contribution is 0.670. The van der Waals surface area contributed by atoms with Gasteiger partial charge in [-0.05, 0) is 67.9 Å². The third kappa shape index (κ3) is 6.43. The molecule has 0 saturated carbocycles. The molecule has 0 radical (unpaired) electrons. The van der Waals surface area contributed by atoms with Crippen LogP contribution in [0.2, 0.25) is 0 Å². The minimum atomic E-state index is 0.620. The first-order valence-electron chi connectivity index (χ1n) is 19.8. The second-order valence-corrected chi connectivity index (χ2v) is 14.8. The summed E-state index contributed by atoms with van der Waals surface area (Å²) in [6.45, 7) is 0. The normalized spacial score (nSPS) is 11.4. The molecule has 0 aliphatic rings. The molecule has 0 bridgehead atoms. The van der Waals surface area contributed by atoms with E-state index in [9.17, 15) is 0 Å². The second-order valence-electron chi connectivity index (χ2n) is 14.8. The van der Waals surface area contributed by atoms with Gasteiger partial charge < -0.3 is 4.42 Å². The SMILES string of the molecule is c1ccc(-c2ccc(-c3nc(-c4ccc(-c5ccc6ccc(-c7cccc8c7oc7ccccc78)cc6c5)cc4)nc(-c4ccccc4-c4ccccc4)n3)cc2)cc1. The molecule has 11 rings (SSSR count). The van der Waals surface area contributed by atoms with Crippen molar-refractivity contribution in [3.05, 3.63) is 212 Å². The summed E-state index contributed by atoms with van der Waals surface area (Å²) >= 11 is 0. The summed E-state index contributed by atoms with van der Waals surface area (Å²) in [6, 6.07) is 74.1. The Hall–Kier alpha value is -7.95. The first-order chi connectivity index (χ1) is 29.2. The molecule has 0 aliphatic heterocycles. The van der Waals surface area contributed by atoms with Gasteiger partial charge in [0.2, 0.25) is 0 Å². The molecule has 4 nitrogen and oxygen atoms in total. The Bertz CT molecular complexity index is 3300. The van der Waals surface area contributed by atoms with Gasteiger partial charge in [-0.2, -0.15) is 0 Å². The molecule has 0 atom stereocenters. The third-order valence-electron chi connectivity index (χ3n) is 11.2. The maximum Gasteiger partial charge on any atom is 0.164 e. The molecule has 0 amide bonds. The highest BCUT2D eigenvalue weighted by Crippen LogP contribution is 2.38. The fourth-order valence-electron chi connectivity index (χ4n) is 8.12. The highest BCUT2D eigenvalue weighted by Gasteiger charge is 2.17. The van der Waals surface area contributed by atoms with Crippen molar-refractivity contribution in [2.75, 3.05) is 0 Å². The average molecular weight is 754 g/mol. The van der Waals surface area contributed by atoms with Crippen molar-refractivity contribution in [2.24, 2.45) is 0 Å². The summed E-state index contributed by atoms with van der Waals surface area (Å²) in [6.07, 6.45) is 0. The number of benzene rings is 9. The number of aromatic nitrogens is 3. The number of furan rings is 1. The van der Waals surface area contributed by atoms with E-state index in [0.717, 1.165) is 77.6 Å². The molecular weight excluding hydrogens is 719 g/mol. The van der Waals surface area contributed by atoms with Crippen LogP contribution in [0.15, 0.2) is 217 Å². The summed E-state index contributed by atoms with van der Waals surface area (Å²) in [5.41, 5.74) is 13.6. The van der Waals surface area contributed by atoms with Crippen LogP contribution in [-0.2, 0) is 0 Å². The van der Waals surface area contributed by atoms with Crippen LogP contribution in [0.3, 0.4) is 0 Å². The Labute approximate surface area is 341 Å².